The van der Waals surface area contributed by atoms with Crippen LogP contribution in [0.5, 0.6) is 0 Å². The van der Waals surface area contributed by atoms with Crippen LogP contribution in [-0.2, 0) is 4.74 Å². The molecule has 0 bridgehead atoms. The fourth-order valence-electron chi connectivity index (χ4n) is 2.89. The summed E-state index contributed by atoms with van der Waals surface area (Å²) in [7, 11) is 0. The molecule has 0 aliphatic carbocycles. The number of aliphatic hydroxyl groups excluding tert-OH is 1. The molecule has 0 radical (unpaired) electrons. The summed E-state index contributed by atoms with van der Waals surface area (Å²) in [5, 5.41) is 10.8. The first-order valence-electron chi connectivity index (χ1n) is 7.75. The third-order valence-corrected chi connectivity index (χ3v) is 4.73. The largest absolute Gasteiger partial charge is 0.444 e. The van der Waals surface area contributed by atoms with Gasteiger partial charge in [-0.1, -0.05) is 29.3 Å². The van der Waals surface area contributed by atoms with Crippen LogP contribution < -0.4 is 0 Å². The number of rotatable bonds is 2. The molecule has 1 amide bonds. The Morgan fingerprint density at radius 2 is 2.04 bits per heavy atom. The van der Waals surface area contributed by atoms with E-state index < -0.39 is 5.60 Å². The molecule has 0 unspecified atom stereocenters. The van der Waals surface area contributed by atoms with Crippen LogP contribution in [0, 0.1) is 5.92 Å². The Labute approximate surface area is 147 Å². The second-order valence-corrected chi connectivity index (χ2v) is 7.75. The van der Waals surface area contributed by atoms with Gasteiger partial charge >= 0.3 is 6.09 Å². The number of amides is 1. The van der Waals surface area contributed by atoms with Crippen LogP contribution in [0.15, 0.2) is 18.2 Å². The molecule has 1 aromatic rings. The number of hydrogen-bond acceptors (Lipinski definition) is 3. The summed E-state index contributed by atoms with van der Waals surface area (Å²) in [5.41, 5.74) is 0.522. The minimum atomic E-state index is -0.521. The van der Waals surface area contributed by atoms with Crippen LogP contribution in [0.4, 0.5) is 4.79 Å². The van der Waals surface area contributed by atoms with Crippen molar-refractivity contribution in [2.24, 2.45) is 5.92 Å². The van der Waals surface area contributed by atoms with Crippen molar-refractivity contribution in [1.29, 1.82) is 0 Å². The third-order valence-electron chi connectivity index (χ3n) is 3.99. The average Bonchev–Trinajstić information content (AvgIpc) is 2.47. The zero-order valence-corrected chi connectivity index (χ0v) is 15.2. The van der Waals surface area contributed by atoms with Crippen molar-refractivity contribution in [3.8, 4) is 0 Å². The lowest BCUT2D eigenvalue weighted by molar-refractivity contribution is 0.0102. The molecule has 0 spiro atoms. The number of nitrogens with zero attached hydrogens (tertiary/aromatic N) is 1. The number of carbonyl (C=O) groups excluding carboxylic acids is 1. The Morgan fingerprint density at radius 1 is 1.35 bits per heavy atom. The van der Waals surface area contributed by atoms with Crippen LogP contribution in [-0.4, -0.2) is 41.4 Å². The number of aliphatic hydroxyl groups is 1. The Balaban J connectivity index is 2.09. The van der Waals surface area contributed by atoms with Crippen molar-refractivity contribution >= 4 is 29.3 Å². The van der Waals surface area contributed by atoms with Gasteiger partial charge in [0.15, 0.2) is 0 Å². The molecule has 1 aliphatic rings. The number of piperidine rings is 1. The highest BCUT2D eigenvalue weighted by Crippen LogP contribution is 2.36. The standard InChI is InChI=1S/C17H23Cl2NO3/c1-17(2,3)23-16(22)20-7-6-13(12(9-20)10-21)11-4-5-14(18)15(19)8-11/h4-5,8,12-13,21H,6-7,9-10H2,1-3H3/t12-,13-/m0/s1. The fourth-order valence-corrected chi connectivity index (χ4v) is 3.20. The van der Waals surface area contributed by atoms with Gasteiger partial charge in [-0.3, -0.25) is 0 Å². The lowest BCUT2D eigenvalue weighted by atomic mass is 9.81. The number of benzene rings is 1. The Kier molecular flexibility index (Phi) is 5.82. The zero-order valence-electron chi connectivity index (χ0n) is 13.7. The van der Waals surface area contributed by atoms with Crippen LogP contribution >= 0.6 is 23.2 Å². The monoisotopic (exact) mass is 359 g/mol. The molecule has 2 rings (SSSR count). The molecule has 1 aliphatic heterocycles. The van der Waals surface area contributed by atoms with Crippen LogP contribution in [0.3, 0.4) is 0 Å². The first kappa shape index (κ1) is 18.4. The summed E-state index contributed by atoms with van der Waals surface area (Å²) in [5.74, 6) is 0.0990. The second kappa shape index (κ2) is 7.29. The maximum Gasteiger partial charge on any atom is 0.410 e. The zero-order chi connectivity index (χ0) is 17.2. The summed E-state index contributed by atoms with van der Waals surface area (Å²) in [6.45, 7) is 6.60. The predicted molar refractivity (Wildman–Crippen MR) is 92.2 cm³/mol. The lowest BCUT2D eigenvalue weighted by Gasteiger charge is -2.38. The molecule has 0 aromatic heterocycles. The molecular weight excluding hydrogens is 337 g/mol. The van der Waals surface area contributed by atoms with Gasteiger partial charge in [-0.25, -0.2) is 4.79 Å². The minimum absolute atomic E-state index is 0.00418. The van der Waals surface area contributed by atoms with Crippen LogP contribution in [0.1, 0.15) is 38.7 Å². The molecule has 128 valence electrons. The van der Waals surface area contributed by atoms with Gasteiger partial charge < -0.3 is 14.7 Å². The number of carbonyl (C=O) groups is 1. The predicted octanol–water partition coefficient (Wildman–Crippen LogP) is 4.33. The summed E-state index contributed by atoms with van der Waals surface area (Å²) in [6.07, 6.45) is 0.422. The molecular formula is C17H23Cl2NO3. The Morgan fingerprint density at radius 3 is 2.61 bits per heavy atom. The second-order valence-electron chi connectivity index (χ2n) is 6.94. The van der Waals surface area contributed by atoms with Gasteiger partial charge in [-0.2, -0.15) is 0 Å². The molecule has 0 saturated carbocycles. The topological polar surface area (TPSA) is 49.8 Å². The maximum atomic E-state index is 12.2. The normalized spacial score (nSPS) is 22.1. The highest BCUT2D eigenvalue weighted by atomic mass is 35.5. The van der Waals surface area contributed by atoms with Gasteiger partial charge in [0.1, 0.15) is 5.60 Å². The van der Waals surface area contributed by atoms with Gasteiger partial charge in [0.25, 0.3) is 0 Å². The number of likely N-dealkylation sites (tertiary alicyclic amines) is 1. The number of hydrogen-bond donors (Lipinski definition) is 1. The van der Waals surface area contributed by atoms with E-state index in [-0.39, 0.29) is 24.5 Å². The first-order valence-corrected chi connectivity index (χ1v) is 8.50. The van der Waals surface area contributed by atoms with Crippen LogP contribution in [0.25, 0.3) is 0 Å². The molecule has 2 atom stereocenters. The quantitative estimate of drug-likeness (QED) is 0.854. The molecule has 1 fully saturated rings. The van der Waals surface area contributed by atoms with E-state index in [1.165, 1.54) is 0 Å². The van der Waals surface area contributed by atoms with E-state index in [9.17, 15) is 9.90 Å². The molecule has 1 saturated heterocycles. The van der Waals surface area contributed by atoms with Crippen molar-refractivity contribution < 1.29 is 14.6 Å². The summed E-state index contributed by atoms with van der Waals surface area (Å²) in [4.78, 5) is 13.9. The average molecular weight is 360 g/mol. The molecule has 6 heteroatoms. The van der Waals surface area contributed by atoms with Gasteiger partial charge in [0.05, 0.1) is 10.0 Å². The van der Waals surface area contributed by atoms with Crippen molar-refractivity contribution in [1.82, 2.24) is 4.90 Å². The third kappa shape index (κ3) is 4.75. The smallest absolute Gasteiger partial charge is 0.410 e. The van der Waals surface area contributed by atoms with Crippen molar-refractivity contribution in [2.45, 2.75) is 38.7 Å². The van der Waals surface area contributed by atoms with Crippen LogP contribution in [0.2, 0.25) is 10.0 Å². The van der Waals surface area contributed by atoms with Gasteiger partial charge in [-0.05, 0) is 50.8 Å². The molecule has 1 aromatic carbocycles. The number of halogens is 2. The SMILES string of the molecule is CC(C)(C)OC(=O)N1CC[C@@H](c2ccc(Cl)c(Cl)c2)[C@H](CO)C1. The molecule has 23 heavy (non-hydrogen) atoms. The maximum absolute atomic E-state index is 12.2. The van der Waals surface area contributed by atoms with E-state index in [4.69, 9.17) is 27.9 Å². The minimum Gasteiger partial charge on any atom is -0.444 e. The Bertz CT molecular complexity index is 571. The first-order chi connectivity index (χ1) is 10.7. The van der Waals surface area contributed by atoms with E-state index >= 15 is 0 Å². The van der Waals surface area contributed by atoms with Gasteiger partial charge in [-0.15, -0.1) is 0 Å². The van der Waals surface area contributed by atoms with E-state index in [0.29, 0.717) is 23.1 Å². The van der Waals surface area contributed by atoms with E-state index in [2.05, 4.69) is 0 Å². The van der Waals surface area contributed by atoms with Gasteiger partial charge in [0.2, 0.25) is 0 Å². The molecule has 1 heterocycles. The van der Waals surface area contributed by atoms with E-state index in [1.54, 1.807) is 11.0 Å². The summed E-state index contributed by atoms with van der Waals surface area (Å²) >= 11 is 12.1. The van der Waals surface area contributed by atoms with Crippen molar-refractivity contribution in [3.05, 3.63) is 33.8 Å². The Hall–Kier alpha value is -0.970. The lowest BCUT2D eigenvalue weighted by Crippen LogP contribution is -2.46. The number of ether oxygens (including phenoxy) is 1. The van der Waals surface area contributed by atoms with Crippen molar-refractivity contribution in [2.75, 3.05) is 19.7 Å². The summed E-state index contributed by atoms with van der Waals surface area (Å²) in [6, 6.07) is 5.55. The van der Waals surface area contributed by atoms with Gasteiger partial charge in [0, 0.05) is 25.6 Å². The highest BCUT2D eigenvalue weighted by molar-refractivity contribution is 6.42. The van der Waals surface area contributed by atoms with Crippen molar-refractivity contribution in [3.63, 3.8) is 0 Å². The van der Waals surface area contributed by atoms with E-state index in [1.807, 2.05) is 32.9 Å². The molecule has 4 nitrogen and oxygen atoms in total. The van der Waals surface area contributed by atoms with E-state index in [0.717, 1.165) is 12.0 Å². The summed E-state index contributed by atoms with van der Waals surface area (Å²) < 4.78 is 5.41. The fraction of sp³-hybridized carbons (Fsp3) is 0.588. The molecule has 1 N–H and O–H groups in total. The highest BCUT2D eigenvalue weighted by Gasteiger charge is 2.34.